The maximum atomic E-state index is 12.7. The Morgan fingerprint density at radius 1 is 1.04 bits per heavy atom. The predicted molar refractivity (Wildman–Crippen MR) is 98.3 cm³/mol. The zero-order valence-electron chi connectivity index (χ0n) is 13.4. The van der Waals surface area contributed by atoms with Gasteiger partial charge in [-0.25, -0.2) is 13.4 Å². The maximum Gasteiger partial charge on any atom is 0.287 e. The van der Waals surface area contributed by atoms with Crippen LogP contribution in [-0.4, -0.2) is 48.8 Å². The fraction of sp³-hybridized carbons (Fsp3) is 0.267. The van der Waals surface area contributed by atoms with E-state index in [1.54, 1.807) is 6.07 Å². The van der Waals surface area contributed by atoms with Crippen LogP contribution < -0.4 is 4.90 Å². The van der Waals surface area contributed by atoms with Gasteiger partial charge in [0.05, 0.1) is 19.9 Å². The molecule has 0 bridgehead atoms. The Morgan fingerprint density at radius 3 is 2.27 bits per heavy atom. The summed E-state index contributed by atoms with van der Waals surface area (Å²) < 4.78 is 26.8. The Hall–Kier alpha value is -1.94. The molecular formula is C15H14Cl2N4O4S. The standard InChI is InChI=1S/C15H14Cl2N4O4S/c16-13-3-2-12(9-14(13)17)26(24,25)20-7-5-19(6-8-20)15-4-1-11(10-18-15)21(22)23/h1-4,9-10H,5-8H2. The number of halogens is 2. The van der Waals surface area contributed by atoms with E-state index in [1.807, 2.05) is 4.90 Å². The van der Waals surface area contributed by atoms with Gasteiger partial charge in [-0.3, -0.25) is 10.1 Å². The van der Waals surface area contributed by atoms with Gasteiger partial charge in [-0.15, -0.1) is 0 Å². The molecule has 0 radical (unpaired) electrons. The van der Waals surface area contributed by atoms with Crippen LogP contribution in [0.5, 0.6) is 0 Å². The molecule has 2 aromatic rings. The molecule has 8 nitrogen and oxygen atoms in total. The summed E-state index contributed by atoms with van der Waals surface area (Å²) in [5, 5.41) is 11.2. The van der Waals surface area contributed by atoms with Crippen LogP contribution in [-0.2, 0) is 10.0 Å². The van der Waals surface area contributed by atoms with Gasteiger partial charge in [0.2, 0.25) is 10.0 Å². The lowest BCUT2D eigenvalue weighted by atomic mass is 10.3. The van der Waals surface area contributed by atoms with Crippen LogP contribution in [0.2, 0.25) is 10.0 Å². The Balaban J connectivity index is 1.71. The quantitative estimate of drug-likeness (QED) is 0.561. The first-order valence-electron chi connectivity index (χ1n) is 7.59. The van der Waals surface area contributed by atoms with Crippen molar-refractivity contribution < 1.29 is 13.3 Å². The molecule has 0 N–H and O–H groups in total. The molecule has 1 saturated heterocycles. The summed E-state index contributed by atoms with van der Waals surface area (Å²) in [7, 11) is -3.67. The number of hydrogen-bond donors (Lipinski definition) is 0. The predicted octanol–water partition coefficient (Wildman–Crippen LogP) is 2.81. The number of nitrogens with zero attached hydrogens (tertiary/aromatic N) is 4. The van der Waals surface area contributed by atoms with Crippen molar-refractivity contribution in [1.29, 1.82) is 0 Å². The number of anilines is 1. The summed E-state index contributed by atoms with van der Waals surface area (Å²) in [4.78, 5) is 16.2. The molecule has 0 saturated carbocycles. The minimum absolute atomic E-state index is 0.0884. The number of aromatic nitrogens is 1. The third-order valence-electron chi connectivity index (χ3n) is 4.03. The van der Waals surface area contributed by atoms with Gasteiger partial charge >= 0.3 is 0 Å². The second kappa shape index (κ2) is 7.36. The largest absolute Gasteiger partial charge is 0.354 e. The summed E-state index contributed by atoms with van der Waals surface area (Å²) in [6.45, 7) is 1.37. The van der Waals surface area contributed by atoms with E-state index in [0.29, 0.717) is 23.9 Å². The molecule has 138 valence electrons. The third-order valence-corrected chi connectivity index (χ3v) is 6.67. The molecule has 26 heavy (non-hydrogen) atoms. The SMILES string of the molecule is O=[N+]([O-])c1ccc(N2CCN(S(=O)(=O)c3ccc(Cl)c(Cl)c3)CC2)nc1. The molecule has 0 spiro atoms. The van der Waals surface area contributed by atoms with E-state index in [1.165, 1.54) is 34.8 Å². The molecule has 0 aliphatic carbocycles. The van der Waals surface area contributed by atoms with Crippen LogP contribution in [0.15, 0.2) is 41.4 Å². The van der Waals surface area contributed by atoms with Gasteiger partial charge < -0.3 is 4.90 Å². The van der Waals surface area contributed by atoms with Crippen LogP contribution in [0.3, 0.4) is 0 Å². The van der Waals surface area contributed by atoms with Crippen molar-refractivity contribution in [3.63, 3.8) is 0 Å². The van der Waals surface area contributed by atoms with Crippen LogP contribution in [0, 0.1) is 10.1 Å². The molecule has 1 fully saturated rings. The third kappa shape index (κ3) is 3.75. The van der Waals surface area contributed by atoms with Gasteiger partial charge in [0, 0.05) is 32.2 Å². The highest BCUT2D eigenvalue weighted by atomic mass is 35.5. The van der Waals surface area contributed by atoms with Crippen molar-refractivity contribution in [1.82, 2.24) is 9.29 Å². The van der Waals surface area contributed by atoms with Crippen molar-refractivity contribution in [2.24, 2.45) is 0 Å². The van der Waals surface area contributed by atoms with E-state index >= 15 is 0 Å². The van der Waals surface area contributed by atoms with Crippen LogP contribution in [0.1, 0.15) is 0 Å². The second-order valence-electron chi connectivity index (χ2n) is 5.60. The first-order valence-corrected chi connectivity index (χ1v) is 9.79. The van der Waals surface area contributed by atoms with Gasteiger partial charge in [0.25, 0.3) is 5.69 Å². The molecule has 0 atom stereocenters. The molecule has 1 aliphatic rings. The number of piperazine rings is 1. The van der Waals surface area contributed by atoms with Crippen molar-refractivity contribution in [3.8, 4) is 0 Å². The average Bonchev–Trinajstić information content (AvgIpc) is 2.64. The number of pyridine rings is 1. The molecule has 0 unspecified atom stereocenters. The number of rotatable bonds is 4. The summed E-state index contributed by atoms with van der Waals surface area (Å²) in [6.07, 6.45) is 1.19. The molecule has 0 amide bonds. The highest BCUT2D eigenvalue weighted by Gasteiger charge is 2.29. The average molecular weight is 417 g/mol. The van der Waals surface area contributed by atoms with Gasteiger partial charge in [-0.2, -0.15) is 4.31 Å². The van der Waals surface area contributed by atoms with Crippen LogP contribution in [0.4, 0.5) is 11.5 Å². The molecule has 3 rings (SSSR count). The van der Waals surface area contributed by atoms with E-state index in [2.05, 4.69) is 4.98 Å². The highest BCUT2D eigenvalue weighted by Crippen LogP contribution is 2.27. The topological polar surface area (TPSA) is 96.6 Å². The van der Waals surface area contributed by atoms with Crippen molar-refractivity contribution in [2.45, 2.75) is 4.90 Å². The number of benzene rings is 1. The summed E-state index contributed by atoms with van der Waals surface area (Å²) >= 11 is 11.8. The highest BCUT2D eigenvalue weighted by molar-refractivity contribution is 7.89. The molecule has 2 heterocycles. The van der Waals surface area contributed by atoms with Crippen LogP contribution in [0.25, 0.3) is 0 Å². The van der Waals surface area contributed by atoms with Crippen molar-refractivity contribution in [3.05, 3.63) is 56.7 Å². The molecule has 1 aromatic carbocycles. The zero-order chi connectivity index (χ0) is 18.9. The van der Waals surface area contributed by atoms with Gasteiger partial charge in [0.1, 0.15) is 12.0 Å². The monoisotopic (exact) mass is 416 g/mol. The van der Waals surface area contributed by atoms with Gasteiger partial charge in [-0.1, -0.05) is 23.2 Å². The minimum Gasteiger partial charge on any atom is -0.354 e. The number of hydrogen-bond acceptors (Lipinski definition) is 6. The fourth-order valence-corrected chi connectivity index (χ4v) is 4.43. The summed E-state index contributed by atoms with van der Waals surface area (Å²) in [5.41, 5.74) is -0.0884. The van der Waals surface area contributed by atoms with E-state index in [4.69, 9.17) is 23.2 Å². The fourth-order valence-electron chi connectivity index (χ4n) is 2.62. The molecule has 1 aromatic heterocycles. The van der Waals surface area contributed by atoms with E-state index in [9.17, 15) is 18.5 Å². The lowest BCUT2D eigenvalue weighted by Crippen LogP contribution is -2.48. The summed E-state index contributed by atoms with van der Waals surface area (Å²) in [5.74, 6) is 0.571. The first kappa shape index (κ1) is 18.8. The Bertz CT molecular complexity index is 929. The zero-order valence-corrected chi connectivity index (χ0v) is 15.7. The lowest BCUT2D eigenvalue weighted by Gasteiger charge is -2.34. The Kier molecular flexibility index (Phi) is 5.33. The minimum atomic E-state index is -3.67. The smallest absolute Gasteiger partial charge is 0.287 e. The maximum absolute atomic E-state index is 12.7. The van der Waals surface area contributed by atoms with Gasteiger partial charge in [0.15, 0.2) is 0 Å². The number of sulfonamides is 1. The van der Waals surface area contributed by atoms with Gasteiger partial charge in [-0.05, 0) is 24.3 Å². The van der Waals surface area contributed by atoms with Crippen molar-refractivity contribution in [2.75, 3.05) is 31.1 Å². The Morgan fingerprint density at radius 2 is 1.73 bits per heavy atom. The normalized spacial score (nSPS) is 15.8. The lowest BCUT2D eigenvalue weighted by molar-refractivity contribution is -0.385. The molecular weight excluding hydrogens is 403 g/mol. The van der Waals surface area contributed by atoms with E-state index in [-0.39, 0.29) is 28.7 Å². The van der Waals surface area contributed by atoms with E-state index in [0.717, 1.165) is 0 Å². The first-order chi connectivity index (χ1) is 12.3. The molecule has 1 aliphatic heterocycles. The number of nitro groups is 1. The van der Waals surface area contributed by atoms with Crippen LogP contribution >= 0.6 is 23.2 Å². The second-order valence-corrected chi connectivity index (χ2v) is 8.35. The van der Waals surface area contributed by atoms with E-state index < -0.39 is 14.9 Å². The Labute approximate surface area is 160 Å². The molecule has 11 heteroatoms. The summed E-state index contributed by atoms with van der Waals surface area (Å²) in [6, 6.07) is 7.15. The van der Waals surface area contributed by atoms with Crippen molar-refractivity contribution >= 4 is 44.7 Å².